The molecule has 1 aliphatic carbocycles. The summed E-state index contributed by atoms with van der Waals surface area (Å²) in [6, 6.07) is 12.1. The van der Waals surface area contributed by atoms with Crippen LogP contribution in [0, 0.1) is 5.92 Å². The number of carboxylic acid groups (broad SMARTS) is 1. The lowest BCUT2D eigenvalue weighted by atomic mass is 9.83. The number of piperidine rings is 2. The number of nitrogens with zero attached hydrogens (tertiary/aromatic N) is 4. The highest BCUT2D eigenvalue weighted by atomic mass is 16.6. The second kappa shape index (κ2) is 24.6. The molecule has 0 spiro atoms. The summed E-state index contributed by atoms with van der Waals surface area (Å²) in [5.74, 6) is -0.705. The Hall–Kier alpha value is -5.58. The van der Waals surface area contributed by atoms with Crippen LogP contribution in [0.2, 0.25) is 0 Å². The number of carbonyl (C=O) groups is 6. The maximum absolute atomic E-state index is 14.3. The maximum Gasteiger partial charge on any atom is 0.411 e. The number of likely N-dealkylation sites (tertiary alicyclic amines) is 2. The molecule has 0 radical (unpaired) electrons. The van der Waals surface area contributed by atoms with Crippen molar-refractivity contribution >= 4 is 35.9 Å². The van der Waals surface area contributed by atoms with Crippen molar-refractivity contribution in [3.8, 4) is 11.5 Å². The van der Waals surface area contributed by atoms with E-state index >= 15 is 0 Å². The molecule has 2 atom stereocenters. The molecule has 17 heteroatoms. The van der Waals surface area contributed by atoms with Gasteiger partial charge in [0.05, 0.1) is 33.0 Å². The number of aliphatic carboxylic acids is 1. The first-order valence-electron chi connectivity index (χ1n) is 24.3. The number of carboxylic acids is 1. The molecular formula is C51H75N5O12. The van der Waals surface area contributed by atoms with Crippen LogP contribution in [0.4, 0.5) is 9.59 Å². The van der Waals surface area contributed by atoms with Gasteiger partial charge in [0, 0.05) is 55.8 Å². The third-order valence-corrected chi connectivity index (χ3v) is 12.4. The summed E-state index contributed by atoms with van der Waals surface area (Å²) in [5.41, 5.74) is 0.504. The first-order chi connectivity index (χ1) is 32.2. The molecule has 2 aromatic rings. The minimum Gasteiger partial charge on any atom is -0.497 e. The monoisotopic (exact) mass is 950 g/mol. The van der Waals surface area contributed by atoms with Crippen LogP contribution in [0.1, 0.15) is 134 Å². The van der Waals surface area contributed by atoms with Crippen LogP contribution in [0.5, 0.6) is 11.5 Å². The Morgan fingerprint density at radius 1 is 0.794 bits per heavy atom. The predicted octanol–water partition coefficient (Wildman–Crippen LogP) is 7.25. The standard InChI is InChI=1S/C51H75N5O12/c1-9-65-42-30-41(64-8)21-20-39(42)32-56(49(63)68-51(5,6)7)33-43(57)54-24-14-19-38(31-54)36-17-13-18-37(29-36)46(60)52-45(35-15-11-10-12-16-35)47(61)53-25-22-40(23-26-53)66-28-27-55(34-44(58)59)48(62)67-50(2,3)4/h13,17-18,20-21,29-30,35,38,40,45H,9-12,14-16,19,22-28,31-34H2,1-8H3,(H,52,60)(H,58,59)/t38?,45-/m1/s1. The molecule has 2 N–H and O–H groups in total. The number of ether oxygens (including phenoxy) is 5. The summed E-state index contributed by atoms with van der Waals surface area (Å²) >= 11 is 0. The van der Waals surface area contributed by atoms with Gasteiger partial charge in [0.1, 0.15) is 41.8 Å². The SMILES string of the molecule is CCOc1cc(OC)ccc1CN(CC(=O)N1CCCC(c2cccc(C(=O)N[C@@H](C(=O)N3CCC(OCCN(CC(=O)O)C(=O)OC(C)(C)C)CC3)C3CCCCC3)c2)C1)C(=O)OC(C)(C)C. The third-order valence-electron chi connectivity index (χ3n) is 12.4. The fourth-order valence-corrected chi connectivity index (χ4v) is 9.04. The van der Waals surface area contributed by atoms with Gasteiger partial charge >= 0.3 is 18.2 Å². The molecule has 17 nitrogen and oxygen atoms in total. The molecule has 68 heavy (non-hydrogen) atoms. The summed E-state index contributed by atoms with van der Waals surface area (Å²) in [7, 11) is 1.57. The van der Waals surface area contributed by atoms with Crippen molar-refractivity contribution in [2.45, 2.75) is 142 Å². The zero-order valence-electron chi connectivity index (χ0n) is 41.5. The lowest BCUT2D eigenvalue weighted by Crippen LogP contribution is -2.54. The molecular weight excluding hydrogens is 875 g/mol. The molecule has 3 fully saturated rings. The van der Waals surface area contributed by atoms with Gasteiger partial charge in [-0.15, -0.1) is 0 Å². The maximum atomic E-state index is 14.3. The Bertz CT molecular complexity index is 2040. The number of nitrogens with one attached hydrogen (secondary N) is 1. The molecule has 2 saturated heterocycles. The number of hydrogen-bond acceptors (Lipinski definition) is 11. The van der Waals surface area contributed by atoms with Crippen molar-refractivity contribution in [2.24, 2.45) is 5.92 Å². The zero-order chi connectivity index (χ0) is 49.6. The van der Waals surface area contributed by atoms with E-state index in [9.17, 15) is 33.9 Å². The second-order valence-corrected chi connectivity index (χ2v) is 20.1. The van der Waals surface area contributed by atoms with E-state index in [1.165, 1.54) is 4.90 Å². The number of amides is 5. The van der Waals surface area contributed by atoms with E-state index in [1.807, 2.05) is 31.2 Å². The number of methoxy groups -OCH3 is 1. The molecule has 3 aliphatic rings. The first-order valence-corrected chi connectivity index (χ1v) is 24.3. The van der Waals surface area contributed by atoms with Gasteiger partial charge in [-0.05, 0) is 123 Å². The number of benzene rings is 2. The van der Waals surface area contributed by atoms with Gasteiger partial charge in [-0.2, -0.15) is 0 Å². The van der Waals surface area contributed by atoms with Crippen molar-refractivity contribution in [3.05, 3.63) is 59.2 Å². The molecule has 2 aromatic carbocycles. The first kappa shape index (κ1) is 53.4. The van der Waals surface area contributed by atoms with Crippen molar-refractivity contribution < 1.29 is 57.6 Å². The number of rotatable bonds is 18. The molecule has 376 valence electrons. The van der Waals surface area contributed by atoms with Gasteiger partial charge in [0.2, 0.25) is 11.8 Å². The quantitative estimate of drug-likeness (QED) is 0.152. The van der Waals surface area contributed by atoms with Crippen LogP contribution < -0.4 is 14.8 Å². The van der Waals surface area contributed by atoms with Crippen molar-refractivity contribution in [1.82, 2.24) is 24.9 Å². The minimum atomic E-state index is -1.15. The zero-order valence-corrected chi connectivity index (χ0v) is 41.5. The number of carbonyl (C=O) groups excluding carboxylic acids is 5. The lowest BCUT2D eigenvalue weighted by molar-refractivity contribution is -0.138. The van der Waals surface area contributed by atoms with Crippen LogP contribution in [-0.2, 0) is 35.1 Å². The highest BCUT2D eigenvalue weighted by Gasteiger charge is 2.37. The Kier molecular flexibility index (Phi) is 19.3. The van der Waals surface area contributed by atoms with Gasteiger partial charge in [-0.25, -0.2) is 9.59 Å². The Balaban J connectivity index is 1.21. The van der Waals surface area contributed by atoms with E-state index < -0.39 is 41.9 Å². The van der Waals surface area contributed by atoms with Crippen molar-refractivity contribution in [3.63, 3.8) is 0 Å². The molecule has 1 saturated carbocycles. The Morgan fingerprint density at radius 3 is 2.10 bits per heavy atom. The van der Waals surface area contributed by atoms with Gasteiger partial charge in [-0.3, -0.25) is 29.0 Å². The molecule has 1 unspecified atom stereocenters. The average molecular weight is 950 g/mol. The van der Waals surface area contributed by atoms with Crippen LogP contribution >= 0.6 is 0 Å². The normalized spacial score (nSPS) is 17.7. The highest BCUT2D eigenvalue weighted by molar-refractivity contribution is 5.98. The minimum absolute atomic E-state index is 0.000863. The lowest BCUT2D eigenvalue weighted by Gasteiger charge is -2.37. The third kappa shape index (κ3) is 16.3. The van der Waals surface area contributed by atoms with Crippen LogP contribution in [0.25, 0.3) is 0 Å². The fraction of sp³-hybridized carbons (Fsp3) is 0.647. The van der Waals surface area contributed by atoms with E-state index in [2.05, 4.69) is 5.32 Å². The largest absolute Gasteiger partial charge is 0.497 e. The van der Waals surface area contributed by atoms with Gasteiger partial charge in [0.15, 0.2) is 0 Å². The predicted molar refractivity (Wildman–Crippen MR) is 255 cm³/mol. The Morgan fingerprint density at radius 2 is 1.47 bits per heavy atom. The van der Waals surface area contributed by atoms with Crippen molar-refractivity contribution in [2.75, 3.05) is 66.1 Å². The molecule has 2 heterocycles. The highest BCUT2D eigenvalue weighted by Crippen LogP contribution is 2.32. The second-order valence-electron chi connectivity index (χ2n) is 20.1. The average Bonchev–Trinajstić information content (AvgIpc) is 3.29. The molecule has 0 bridgehead atoms. The van der Waals surface area contributed by atoms with Crippen LogP contribution in [-0.4, -0.2) is 150 Å². The van der Waals surface area contributed by atoms with Crippen LogP contribution in [0.3, 0.4) is 0 Å². The van der Waals surface area contributed by atoms with Gasteiger partial charge < -0.3 is 43.9 Å². The molecule has 5 rings (SSSR count). The van der Waals surface area contributed by atoms with Crippen LogP contribution in [0.15, 0.2) is 42.5 Å². The van der Waals surface area contributed by atoms with Gasteiger partial charge in [-0.1, -0.05) is 31.4 Å². The van der Waals surface area contributed by atoms with E-state index in [4.69, 9.17) is 23.7 Å². The van der Waals surface area contributed by atoms with E-state index in [0.717, 1.165) is 55.4 Å². The fourth-order valence-electron chi connectivity index (χ4n) is 9.04. The molecule has 0 aromatic heterocycles. The topological polar surface area (TPSA) is 194 Å². The van der Waals surface area contributed by atoms with Crippen molar-refractivity contribution in [1.29, 1.82) is 0 Å². The Labute approximate surface area is 402 Å². The molecule has 5 amide bonds. The van der Waals surface area contributed by atoms with E-state index in [-0.39, 0.29) is 61.9 Å². The number of hydrogen-bond donors (Lipinski definition) is 2. The smallest absolute Gasteiger partial charge is 0.411 e. The summed E-state index contributed by atoms with van der Waals surface area (Å²) in [4.78, 5) is 86.2. The summed E-state index contributed by atoms with van der Waals surface area (Å²) < 4.78 is 28.5. The summed E-state index contributed by atoms with van der Waals surface area (Å²) in [5, 5.41) is 12.5. The summed E-state index contributed by atoms with van der Waals surface area (Å²) in [6.45, 7) is 14.1. The summed E-state index contributed by atoms with van der Waals surface area (Å²) in [6.07, 6.45) is 5.88. The van der Waals surface area contributed by atoms with Gasteiger partial charge in [0.25, 0.3) is 5.91 Å². The molecule has 2 aliphatic heterocycles. The van der Waals surface area contributed by atoms with E-state index in [0.29, 0.717) is 68.3 Å². The van der Waals surface area contributed by atoms with E-state index in [1.54, 1.807) is 76.7 Å².